The number of benzene rings is 1. The number of aromatic hydroxyl groups is 2. The van der Waals surface area contributed by atoms with Crippen LogP contribution in [-0.2, 0) is 9.59 Å². The normalized spacial score (nSPS) is 13.1. The van der Waals surface area contributed by atoms with Crippen LogP contribution in [0.15, 0.2) is 6.07 Å². The number of carbonyl (C=O) groups is 2. The number of rotatable bonds is 7. The number of hydrogen-bond donors (Lipinski definition) is 4. The van der Waals surface area contributed by atoms with E-state index in [1.54, 1.807) is 41.5 Å². The van der Waals surface area contributed by atoms with E-state index in [1.807, 2.05) is 6.92 Å². The SMILES string of the molecule is CCCNC[C@@H](O)c1c(OC(=O)C(C)(C)C)cc(O)c(O)c1OC(=O)C(C)(C)C. The summed E-state index contributed by atoms with van der Waals surface area (Å²) < 4.78 is 10.7. The van der Waals surface area contributed by atoms with Gasteiger partial charge in [-0.3, -0.25) is 9.59 Å². The second-order valence-electron chi connectivity index (χ2n) is 8.98. The lowest BCUT2D eigenvalue weighted by atomic mass is 9.96. The first kappa shape index (κ1) is 24.7. The van der Waals surface area contributed by atoms with Gasteiger partial charge in [0.25, 0.3) is 0 Å². The van der Waals surface area contributed by atoms with Crippen molar-refractivity contribution in [1.29, 1.82) is 0 Å². The summed E-state index contributed by atoms with van der Waals surface area (Å²) in [5, 5.41) is 34.2. The van der Waals surface area contributed by atoms with Crippen molar-refractivity contribution in [3.05, 3.63) is 11.6 Å². The molecule has 1 aromatic carbocycles. The van der Waals surface area contributed by atoms with E-state index in [0.717, 1.165) is 12.5 Å². The Morgan fingerprint density at radius 3 is 2.03 bits per heavy atom. The molecule has 4 N–H and O–H groups in total. The monoisotopic (exact) mass is 411 g/mol. The van der Waals surface area contributed by atoms with Gasteiger partial charge in [0.2, 0.25) is 5.75 Å². The molecule has 0 unspecified atom stereocenters. The minimum absolute atomic E-state index is 0.0538. The smallest absolute Gasteiger partial charge is 0.316 e. The zero-order chi connectivity index (χ0) is 22.6. The number of hydrogen-bond acceptors (Lipinski definition) is 8. The van der Waals surface area contributed by atoms with Crippen LogP contribution >= 0.6 is 0 Å². The number of ether oxygens (including phenoxy) is 2. The molecule has 0 aromatic heterocycles. The molecule has 1 atom stereocenters. The lowest BCUT2D eigenvalue weighted by Gasteiger charge is -2.24. The molecule has 0 saturated carbocycles. The van der Waals surface area contributed by atoms with Crippen molar-refractivity contribution in [3.63, 3.8) is 0 Å². The van der Waals surface area contributed by atoms with E-state index in [9.17, 15) is 24.9 Å². The van der Waals surface area contributed by atoms with Crippen molar-refractivity contribution >= 4 is 11.9 Å². The second-order valence-corrected chi connectivity index (χ2v) is 8.98. The highest BCUT2D eigenvalue weighted by Gasteiger charge is 2.33. The largest absolute Gasteiger partial charge is 0.504 e. The van der Waals surface area contributed by atoms with Crippen LogP contribution in [0.25, 0.3) is 0 Å². The number of phenols is 2. The molecule has 0 fully saturated rings. The molecule has 0 heterocycles. The van der Waals surface area contributed by atoms with E-state index < -0.39 is 46.1 Å². The first-order valence-corrected chi connectivity index (χ1v) is 9.62. The van der Waals surface area contributed by atoms with Gasteiger partial charge in [0, 0.05) is 12.6 Å². The lowest BCUT2D eigenvalue weighted by Crippen LogP contribution is -2.29. The van der Waals surface area contributed by atoms with E-state index in [0.29, 0.717) is 6.54 Å². The van der Waals surface area contributed by atoms with E-state index >= 15 is 0 Å². The van der Waals surface area contributed by atoms with Crippen molar-refractivity contribution in [3.8, 4) is 23.0 Å². The van der Waals surface area contributed by atoms with Crippen LogP contribution in [0.5, 0.6) is 23.0 Å². The Labute approximate surface area is 171 Å². The number of esters is 2. The van der Waals surface area contributed by atoms with Gasteiger partial charge in [-0.25, -0.2) is 0 Å². The summed E-state index contributed by atoms with van der Waals surface area (Å²) in [7, 11) is 0. The standard InChI is InChI=1S/C21H33NO7/c1-8-9-22-11-13(24)15-14(28-18(26)20(2,3)4)10-12(23)16(25)17(15)29-19(27)21(5,6)7/h10,13,22-25H,8-9,11H2,1-7H3/t13-/m1/s1. The molecule has 8 nitrogen and oxygen atoms in total. The summed E-state index contributed by atoms with van der Waals surface area (Å²) in [5.41, 5.74) is -1.87. The zero-order valence-electron chi connectivity index (χ0n) is 18.3. The van der Waals surface area contributed by atoms with Gasteiger partial charge in [-0.2, -0.15) is 0 Å². The van der Waals surface area contributed by atoms with Crippen LogP contribution in [0.2, 0.25) is 0 Å². The molecule has 0 aliphatic rings. The molecular weight excluding hydrogens is 378 g/mol. The highest BCUT2D eigenvalue weighted by Crippen LogP contribution is 2.47. The lowest BCUT2D eigenvalue weighted by molar-refractivity contribution is -0.143. The fourth-order valence-electron chi connectivity index (χ4n) is 2.15. The van der Waals surface area contributed by atoms with Crippen LogP contribution in [-0.4, -0.2) is 40.3 Å². The van der Waals surface area contributed by atoms with Gasteiger partial charge in [-0.05, 0) is 54.5 Å². The van der Waals surface area contributed by atoms with Crippen LogP contribution in [0.3, 0.4) is 0 Å². The van der Waals surface area contributed by atoms with Crippen LogP contribution < -0.4 is 14.8 Å². The molecule has 0 bridgehead atoms. The highest BCUT2D eigenvalue weighted by molar-refractivity contribution is 5.82. The summed E-state index contributed by atoms with van der Waals surface area (Å²) >= 11 is 0. The Morgan fingerprint density at radius 2 is 1.55 bits per heavy atom. The molecule has 0 aliphatic heterocycles. The van der Waals surface area contributed by atoms with Crippen LogP contribution in [0.4, 0.5) is 0 Å². The first-order valence-electron chi connectivity index (χ1n) is 9.62. The minimum atomic E-state index is -1.28. The Morgan fingerprint density at radius 1 is 1.03 bits per heavy atom. The van der Waals surface area contributed by atoms with Crippen molar-refractivity contribution in [2.24, 2.45) is 10.8 Å². The van der Waals surface area contributed by atoms with Crippen molar-refractivity contribution in [2.75, 3.05) is 13.1 Å². The maximum atomic E-state index is 12.4. The fraction of sp³-hybridized carbons (Fsp3) is 0.619. The third-order valence-corrected chi connectivity index (χ3v) is 3.96. The van der Waals surface area contributed by atoms with Crippen LogP contribution in [0.1, 0.15) is 66.6 Å². The number of nitrogens with one attached hydrogen (secondary N) is 1. The number of phenolic OH excluding ortho intramolecular Hbond substituents is 2. The summed E-state index contributed by atoms with van der Waals surface area (Å²) in [6.45, 7) is 12.4. The van der Waals surface area contributed by atoms with Gasteiger partial charge >= 0.3 is 11.9 Å². The molecule has 0 radical (unpaired) electrons. The average Bonchev–Trinajstić information content (AvgIpc) is 2.57. The van der Waals surface area contributed by atoms with E-state index in [4.69, 9.17) is 9.47 Å². The molecule has 0 spiro atoms. The number of carbonyl (C=O) groups excluding carboxylic acids is 2. The van der Waals surface area contributed by atoms with Crippen molar-refractivity contribution < 1.29 is 34.4 Å². The second kappa shape index (κ2) is 9.45. The first-order chi connectivity index (χ1) is 13.2. The van der Waals surface area contributed by atoms with E-state index in [1.165, 1.54) is 0 Å². The quantitative estimate of drug-likeness (QED) is 0.233. The topological polar surface area (TPSA) is 125 Å². The van der Waals surface area contributed by atoms with Crippen molar-refractivity contribution in [1.82, 2.24) is 5.32 Å². The van der Waals surface area contributed by atoms with Gasteiger partial charge in [0.1, 0.15) is 5.75 Å². The highest BCUT2D eigenvalue weighted by atomic mass is 16.6. The van der Waals surface area contributed by atoms with Crippen molar-refractivity contribution in [2.45, 2.75) is 61.0 Å². The summed E-state index contributed by atoms with van der Waals surface area (Å²) in [5.74, 6) is -3.30. The average molecular weight is 411 g/mol. The zero-order valence-corrected chi connectivity index (χ0v) is 18.3. The third kappa shape index (κ3) is 6.61. The number of aliphatic hydroxyl groups excluding tert-OH is 1. The Hall–Kier alpha value is -2.32. The summed E-state index contributed by atoms with van der Waals surface area (Å²) in [6, 6.07) is 1.02. The van der Waals surface area contributed by atoms with E-state index in [2.05, 4.69) is 5.32 Å². The van der Waals surface area contributed by atoms with Crippen LogP contribution in [0, 0.1) is 10.8 Å². The van der Waals surface area contributed by atoms with Gasteiger partial charge in [0.05, 0.1) is 22.5 Å². The molecule has 8 heteroatoms. The minimum Gasteiger partial charge on any atom is -0.504 e. The molecule has 1 aromatic rings. The molecule has 1 rings (SSSR count). The Kier molecular flexibility index (Phi) is 8.06. The molecule has 0 saturated heterocycles. The Bertz CT molecular complexity index is 745. The maximum Gasteiger partial charge on any atom is 0.316 e. The van der Waals surface area contributed by atoms with Gasteiger partial charge < -0.3 is 30.1 Å². The van der Waals surface area contributed by atoms with Gasteiger partial charge in [-0.15, -0.1) is 0 Å². The molecule has 29 heavy (non-hydrogen) atoms. The molecular formula is C21H33NO7. The predicted molar refractivity (Wildman–Crippen MR) is 108 cm³/mol. The Balaban J connectivity index is 3.53. The predicted octanol–water partition coefficient (Wildman–Crippen LogP) is 3.03. The molecule has 0 aliphatic carbocycles. The molecule has 164 valence electrons. The van der Waals surface area contributed by atoms with E-state index in [-0.39, 0.29) is 17.9 Å². The summed E-state index contributed by atoms with van der Waals surface area (Å²) in [4.78, 5) is 24.8. The number of aliphatic hydroxyl groups is 1. The third-order valence-electron chi connectivity index (χ3n) is 3.96. The fourth-order valence-corrected chi connectivity index (χ4v) is 2.15. The summed E-state index contributed by atoms with van der Waals surface area (Å²) in [6.07, 6.45) is -0.454. The maximum absolute atomic E-state index is 12.4. The molecule has 0 amide bonds. The van der Waals surface area contributed by atoms with Gasteiger partial charge in [0.15, 0.2) is 11.5 Å². The van der Waals surface area contributed by atoms with Gasteiger partial charge in [-0.1, -0.05) is 6.92 Å².